The Morgan fingerprint density at radius 3 is 2.59 bits per heavy atom. The van der Waals surface area contributed by atoms with Gasteiger partial charge < -0.3 is 4.74 Å². The summed E-state index contributed by atoms with van der Waals surface area (Å²) in [6.07, 6.45) is 2.71. The lowest BCUT2D eigenvalue weighted by Gasteiger charge is -2.34. The van der Waals surface area contributed by atoms with Crippen molar-refractivity contribution in [2.45, 2.75) is 37.8 Å². The molecule has 0 unspecified atom stereocenters. The molecule has 0 spiro atoms. The number of sulfonamides is 1. The van der Waals surface area contributed by atoms with Gasteiger partial charge in [0.2, 0.25) is 10.0 Å². The summed E-state index contributed by atoms with van der Waals surface area (Å²) in [5.41, 5.74) is 1.82. The SMILES string of the molecule is CCn1cc(S(=O)(=O)N2CCN(C[C@H]3Cc4ccccc4O3)CC2)c(C)n1. The molecule has 2 aliphatic rings. The molecule has 0 amide bonds. The fourth-order valence-electron chi connectivity index (χ4n) is 3.85. The van der Waals surface area contributed by atoms with Crippen molar-refractivity contribution in [3.63, 3.8) is 0 Å². The van der Waals surface area contributed by atoms with Gasteiger partial charge in [-0.25, -0.2) is 8.42 Å². The van der Waals surface area contributed by atoms with Crippen molar-refractivity contribution >= 4 is 10.0 Å². The van der Waals surface area contributed by atoms with Crippen LogP contribution in [-0.2, 0) is 23.0 Å². The number of benzene rings is 1. The first-order valence-corrected chi connectivity index (χ1v) is 10.9. The lowest BCUT2D eigenvalue weighted by Crippen LogP contribution is -2.50. The summed E-state index contributed by atoms with van der Waals surface area (Å²) >= 11 is 0. The first-order chi connectivity index (χ1) is 13.0. The average Bonchev–Trinajstić information content (AvgIpc) is 3.25. The van der Waals surface area contributed by atoms with Crippen LogP contribution in [-0.4, -0.2) is 66.2 Å². The van der Waals surface area contributed by atoms with Gasteiger partial charge in [-0.3, -0.25) is 9.58 Å². The summed E-state index contributed by atoms with van der Waals surface area (Å²) in [6.45, 7) is 7.63. The average molecular weight is 391 g/mol. The number of aryl methyl sites for hydroxylation is 2. The molecule has 3 heterocycles. The van der Waals surface area contributed by atoms with E-state index in [4.69, 9.17) is 4.74 Å². The van der Waals surface area contributed by atoms with Gasteiger partial charge in [0.15, 0.2) is 0 Å². The van der Waals surface area contributed by atoms with Crippen LogP contribution in [0.2, 0.25) is 0 Å². The van der Waals surface area contributed by atoms with E-state index in [0.717, 1.165) is 31.8 Å². The Kier molecular flexibility index (Phi) is 4.96. The Hall–Kier alpha value is -1.90. The molecule has 146 valence electrons. The number of para-hydroxylation sites is 1. The Labute approximate surface area is 160 Å². The van der Waals surface area contributed by atoms with Crippen LogP contribution in [0.1, 0.15) is 18.2 Å². The van der Waals surface area contributed by atoms with Crippen LogP contribution in [0.5, 0.6) is 5.75 Å². The van der Waals surface area contributed by atoms with E-state index in [1.807, 2.05) is 25.1 Å². The molecular weight excluding hydrogens is 364 g/mol. The number of fused-ring (bicyclic) bond motifs is 1. The van der Waals surface area contributed by atoms with Crippen LogP contribution in [0, 0.1) is 6.92 Å². The predicted molar refractivity (Wildman–Crippen MR) is 102 cm³/mol. The zero-order valence-electron chi connectivity index (χ0n) is 15.8. The van der Waals surface area contributed by atoms with Crippen LogP contribution < -0.4 is 4.74 Å². The van der Waals surface area contributed by atoms with Crippen LogP contribution in [0.3, 0.4) is 0 Å². The normalized spacial score (nSPS) is 21.2. The summed E-state index contributed by atoms with van der Waals surface area (Å²) in [5.74, 6) is 0.979. The fraction of sp³-hybridized carbons (Fsp3) is 0.526. The van der Waals surface area contributed by atoms with Crippen molar-refractivity contribution in [2.24, 2.45) is 0 Å². The zero-order valence-corrected chi connectivity index (χ0v) is 16.7. The highest BCUT2D eigenvalue weighted by Gasteiger charge is 2.32. The zero-order chi connectivity index (χ0) is 19.0. The smallest absolute Gasteiger partial charge is 0.246 e. The highest BCUT2D eigenvalue weighted by Crippen LogP contribution is 2.29. The molecule has 2 aromatic rings. The van der Waals surface area contributed by atoms with Gasteiger partial charge in [0.25, 0.3) is 0 Å². The summed E-state index contributed by atoms with van der Waals surface area (Å²) in [6, 6.07) is 8.15. The lowest BCUT2D eigenvalue weighted by molar-refractivity contribution is 0.120. The number of ether oxygens (including phenoxy) is 1. The third-order valence-corrected chi connectivity index (χ3v) is 7.35. The molecule has 1 aromatic heterocycles. The van der Waals surface area contributed by atoms with E-state index in [-0.39, 0.29) is 6.10 Å². The molecule has 1 saturated heterocycles. The third-order valence-electron chi connectivity index (χ3n) is 5.35. The highest BCUT2D eigenvalue weighted by molar-refractivity contribution is 7.89. The van der Waals surface area contributed by atoms with Crippen molar-refractivity contribution in [3.8, 4) is 5.75 Å². The Morgan fingerprint density at radius 1 is 1.19 bits per heavy atom. The quantitative estimate of drug-likeness (QED) is 0.774. The largest absolute Gasteiger partial charge is 0.488 e. The van der Waals surface area contributed by atoms with Crippen LogP contribution in [0.25, 0.3) is 0 Å². The van der Waals surface area contributed by atoms with Gasteiger partial charge in [0.05, 0.1) is 5.69 Å². The molecule has 0 saturated carbocycles. The molecule has 0 aliphatic carbocycles. The Bertz CT molecular complexity index is 892. The van der Waals surface area contributed by atoms with Crippen LogP contribution in [0.15, 0.2) is 35.4 Å². The van der Waals surface area contributed by atoms with Gasteiger partial charge in [0, 0.05) is 51.9 Å². The van der Waals surface area contributed by atoms with Crippen molar-refractivity contribution in [3.05, 3.63) is 41.7 Å². The number of aromatic nitrogens is 2. The molecule has 4 rings (SSSR count). The number of hydrogen-bond acceptors (Lipinski definition) is 5. The molecule has 7 nitrogen and oxygen atoms in total. The van der Waals surface area contributed by atoms with E-state index in [0.29, 0.717) is 30.2 Å². The minimum absolute atomic E-state index is 0.149. The first-order valence-electron chi connectivity index (χ1n) is 9.48. The van der Waals surface area contributed by atoms with E-state index >= 15 is 0 Å². The molecule has 1 aromatic carbocycles. The van der Waals surface area contributed by atoms with Gasteiger partial charge in [-0.15, -0.1) is 0 Å². The van der Waals surface area contributed by atoms with E-state index in [9.17, 15) is 8.42 Å². The van der Waals surface area contributed by atoms with E-state index in [1.165, 1.54) is 5.56 Å². The Balaban J connectivity index is 1.36. The molecule has 0 radical (unpaired) electrons. The molecule has 1 fully saturated rings. The predicted octanol–water partition coefficient (Wildman–Crippen LogP) is 1.52. The van der Waals surface area contributed by atoms with Crippen molar-refractivity contribution in [1.29, 1.82) is 0 Å². The molecule has 27 heavy (non-hydrogen) atoms. The van der Waals surface area contributed by atoms with Gasteiger partial charge in [-0.1, -0.05) is 18.2 Å². The van der Waals surface area contributed by atoms with Gasteiger partial charge in [-0.05, 0) is 25.5 Å². The topological polar surface area (TPSA) is 67.7 Å². The van der Waals surface area contributed by atoms with Gasteiger partial charge in [0.1, 0.15) is 16.7 Å². The Morgan fingerprint density at radius 2 is 1.93 bits per heavy atom. The first kappa shape index (κ1) is 18.5. The molecule has 1 atom stereocenters. The standard InChI is InChI=1S/C19H26N4O3S/c1-3-22-14-19(15(2)20-22)27(24,25)23-10-8-21(9-11-23)13-17-12-16-6-4-5-7-18(16)26-17/h4-7,14,17H,3,8-13H2,1-2H3/t17-/m1/s1. The summed E-state index contributed by atoms with van der Waals surface area (Å²) < 4.78 is 35.2. The van der Waals surface area contributed by atoms with E-state index < -0.39 is 10.0 Å². The maximum Gasteiger partial charge on any atom is 0.246 e. The number of nitrogens with zero attached hydrogens (tertiary/aromatic N) is 4. The molecular formula is C19H26N4O3S. The van der Waals surface area contributed by atoms with Gasteiger partial charge in [-0.2, -0.15) is 9.40 Å². The second kappa shape index (κ2) is 7.26. The van der Waals surface area contributed by atoms with E-state index in [1.54, 1.807) is 22.1 Å². The fourth-order valence-corrected chi connectivity index (χ4v) is 5.44. The van der Waals surface area contributed by atoms with Crippen molar-refractivity contribution in [2.75, 3.05) is 32.7 Å². The summed E-state index contributed by atoms with van der Waals surface area (Å²) in [7, 11) is -3.48. The minimum atomic E-state index is -3.48. The number of piperazine rings is 1. The molecule has 0 N–H and O–H groups in total. The molecule has 2 aliphatic heterocycles. The number of rotatable bonds is 5. The second-order valence-electron chi connectivity index (χ2n) is 7.19. The van der Waals surface area contributed by atoms with Crippen LogP contribution in [0.4, 0.5) is 0 Å². The van der Waals surface area contributed by atoms with E-state index in [2.05, 4.69) is 16.1 Å². The van der Waals surface area contributed by atoms with Crippen molar-refractivity contribution < 1.29 is 13.2 Å². The summed E-state index contributed by atoms with van der Waals surface area (Å²) in [5, 5.41) is 4.28. The maximum atomic E-state index is 13.0. The number of hydrogen-bond donors (Lipinski definition) is 0. The maximum absolute atomic E-state index is 13.0. The van der Waals surface area contributed by atoms with Crippen LogP contribution >= 0.6 is 0 Å². The second-order valence-corrected chi connectivity index (χ2v) is 9.10. The monoisotopic (exact) mass is 390 g/mol. The minimum Gasteiger partial charge on any atom is -0.488 e. The van der Waals surface area contributed by atoms with Crippen molar-refractivity contribution in [1.82, 2.24) is 19.0 Å². The third kappa shape index (κ3) is 3.61. The van der Waals surface area contributed by atoms with Gasteiger partial charge >= 0.3 is 0 Å². The lowest BCUT2D eigenvalue weighted by atomic mass is 10.1. The summed E-state index contributed by atoms with van der Waals surface area (Å²) in [4.78, 5) is 2.62. The highest BCUT2D eigenvalue weighted by atomic mass is 32.2. The molecule has 0 bridgehead atoms. The molecule has 8 heteroatoms.